The third-order valence-electron chi connectivity index (χ3n) is 4.15. The number of phenols is 3. The number of hydrogen-bond donors (Lipinski definition) is 6. The summed E-state index contributed by atoms with van der Waals surface area (Å²) in [5.74, 6) is -3.13. The Hall–Kier alpha value is -3.46. The van der Waals surface area contributed by atoms with Gasteiger partial charge in [0.05, 0.1) is 6.61 Å². The smallest absolute Gasteiger partial charge is 0.217 e. The maximum Gasteiger partial charge on any atom is 0.217 e. The second kappa shape index (κ2) is 9.16. The number of rotatable bonds is 8. The van der Waals surface area contributed by atoms with Crippen LogP contribution in [0.2, 0.25) is 0 Å². The Morgan fingerprint density at radius 3 is 1.90 bits per heavy atom. The molecule has 0 radical (unpaired) electrons. The summed E-state index contributed by atoms with van der Waals surface area (Å²) in [6.45, 7) is -1.05. The van der Waals surface area contributed by atoms with E-state index in [2.05, 4.69) is 0 Å². The highest BCUT2D eigenvalue weighted by Crippen LogP contribution is 2.26. The van der Waals surface area contributed by atoms with Crippen LogP contribution in [0, 0.1) is 0 Å². The lowest BCUT2D eigenvalue weighted by molar-refractivity contribution is -0.159. The van der Waals surface area contributed by atoms with E-state index in [1.165, 1.54) is 42.5 Å². The second-order valence-electron chi connectivity index (χ2n) is 6.20. The Labute approximate surface area is 165 Å². The monoisotopic (exact) mass is 400 g/mol. The van der Waals surface area contributed by atoms with Gasteiger partial charge in [0.15, 0.2) is 23.1 Å². The molecule has 0 spiro atoms. The zero-order valence-electron chi connectivity index (χ0n) is 15.1. The molecule has 2 aromatic rings. The molecule has 0 bridgehead atoms. The van der Waals surface area contributed by atoms with Crippen molar-refractivity contribution < 1.29 is 40.2 Å². The normalized spacial score (nSPS) is 14.7. The Morgan fingerprint density at radius 1 is 0.862 bits per heavy atom. The van der Waals surface area contributed by atoms with E-state index in [4.69, 9.17) is 0 Å². The van der Waals surface area contributed by atoms with E-state index in [1.807, 2.05) is 0 Å². The minimum Gasteiger partial charge on any atom is -0.508 e. The van der Waals surface area contributed by atoms with Gasteiger partial charge in [0.25, 0.3) is 0 Å². The van der Waals surface area contributed by atoms with Gasteiger partial charge in [0.2, 0.25) is 5.60 Å². The molecule has 0 aliphatic heterocycles. The third-order valence-corrected chi connectivity index (χ3v) is 4.15. The lowest BCUT2D eigenvalue weighted by Crippen LogP contribution is -2.56. The molecule has 2 unspecified atom stereocenters. The lowest BCUT2D eigenvalue weighted by atomic mass is 9.86. The predicted octanol–water partition coefficient (Wildman–Crippen LogP) is 0.752. The largest absolute Gasteiger partial charge is 0.508 e. The van der Waals surface area contributed by atoms with Gasteiger partial charge >= 0.3 is 0 Å². The molecule has 152 valence electrons. The molecule has 2 rings (SSSR count). The molecule has 8 heteroatoms. The summed E-state index contributed by atoms with van der Waals surface area (Å²) in [6.07, 6.45) is 2.05. The summed E-state index contributed by atoms with van der Waals surface area (Å²) in [7, 11) is 0. The zero-order valence-corrected chi connectivity index (χ0v) is 15.1. The quantitative estimate of drug-likeness (QED) is 0.215. The van der Waals surface area contributed by atoms with Crippen LogP contribution < -0.4 is 0 Å². The lowest BCUT2D eigenvalue weighted by Gasteiger charge is -2.26. The van der Waals surface area contributed by atoms with E-state index in [-0.39, 0.29) is 17.1 Å². The van der Waals surface area contributed by atoms with Crippen molar-refractivity contribution in [1.29, 1.82) is 0 Å². The Bertz CT molecular complexity index is 946. The van der Waals surface area contributed by atoms with E-state index in [0.717, 1.165) is 24.3 Å². The zero-order chi connectivity index (χ0) is 21.6. The minimum absolute atomic E-state index is 0.0151. The molecule has 0 aromatic heterocycles. The standard InChI is InChI=1S/C21H20O8/c22-12-20(28)21(29,18(26)9-4-13-1-6-15(23)7-2-13)19(27)10-5-14-3-8-16(24)17(25)11-14/h1-11,20,22-25,28-29H,12H2/b9-4+,10-5+. The average Bonchev–Trinajstić information content (AvgIpc) is 2.72. The third kappa shape index (κ3) is 5.08. The Morgan fingerprint density at radius 2 is 1.38 bits per heavy atom. The highest BCUT2D eigenvalue weighted by Gasteiger charge is 2.47. The highest BCUT2D eigenvalue weighted by atomic mass is 16.4. The fraction of sp³-hybridized carbons (Fsp3) is 0.143. The maximum atomic E-state index is 12.5. The van der Waals surface area contributed by atoms with Gasteiger partial charge in [0, 0.05) is 0 Å². The molecular formula is C21H20O8. The molecule has 0 saturated carbocycles. The van der Waals surface area contributed by atoms with Gasteiger partial charge in [-0.25, -0.2) is 0 Å². The fourth-order valence-corrected chi connectivity index (χ4v) is 2.41. The summed E-state index contributed by atoms with van der Waals surface area (Å²) in [6, 6.07) is 9.42. The average molecular weight is 400 g/mol. The van der Waals surface area contributed by atoms with Crippen molar-refractivity contribution in [2.75, 3.05) is 6.61 Å². The van der Waals surface area contributed by atoms with Crippen molar-refractivity contribution in [3.8, 4) is 17.2 Å². The van der Waals surface area contributed by atoms with Crippen LogP contribution in [0.15, 0.2) is 54.6 Å². The van der Waals surface area contributed by atoms with Crippen LogP contribution in [0.25, 0.3) is 12.2 Å². The number of carbonyl (C=O) groups excluding carboxylic acids is 2. The number of aromatic hydroxyl groups is 3. The van der Waals surface area contributed by atoms with Crippen molar-refractivity contribution >= 4 is 23.7 Å². The molecule has 29 heavy (non-hydrogen) atoms. The number of aliphatic hydroxyl groups excluding tert-OH is 2. The molecule has 8 nitrogen and oxygen atoms in total. The Balaban J connectivity index is 2.28. The van der Waals surface area contributed by atoms with Gasteiger partial charge in [-0.2, -0.15) is 0 Å². The highest BCUT2D eigenvalue weighted by molar-refractivity contribution is 6.20. The summed E-state index contributed by atoms with van der Waals surface area (Å²) < 4.78 is 0. The summed E-state index contributed by atoms with van der Waals surface area (Å²) >= 11 is 0. The second-order valence-corrected chi connectivity index (χ2v) is 6.20. The molecule has 0 fully saturated rings. The molecule has 2 aromatic carbocycles. The number of benzene rings is 2. The number of hydrogen-bond acceptors (Lipinski definition) is 8. The van der Waals surface area contributed by atoms with Gasteiger partial charge < -0.3 is 30.6 Å². The van der Waals surface area contributed by atoms with Crippen molar-refractivity contribution in [3.05, 3.63) is 65.7 Å². The molecular weight excluding hydrogens is 380 g/mol. The Kier molecular flexibility index (Phi) is 6.89. The fourth-order valence-electron chi connectivity index (χ4n) is 2.41. The van der Waals surface area contributed by atoms with E-state index in [1.54, 1.807) is 0 Å². The van der Waals surface area contributed by atoms with Crippen LogP contribution in [0.1, 0.15) is 11.1 Å². The first-order valence-electron chi connectivity index (χ1n) is 8.45. The van der Waals surface area contributed by atoms with Gasteiger partial charge in [-0.05, 0) is 47.5 Å². The number of carbonyl (C=O) groups is 2. The van der Waals surface area contributed by atoms with Crippen molar-refractivity contribution in [1.82, 2.24) is 0 Å². The maximum absolute atomic E-state index is 12.5. The molecule has 0 aliphatic carbocycles. The first kappa shape index (κ1) is 21.8. The van der Waals surface area contributed by atoms with Crippen molar-refractivity contribution in [3.63, 3.8) is 0 Å². The van der Waals surface area contributed by atoms with Crippen LogP contribution in [-0.2, 0) is 9.59 Å². The molecule has 0 aliphatic rings. The molecule has 0 saturated heterocycles. The summed E-state index contributed by atoms with van der Waals surface area (Å²) in [5.41, 5.74) is -2.17. The number of aliphatic hydroxyl groups is 3. The summed E-state index contributed by atoms with van der Waals surface area (Å²) in [5, 5.41) is 57.7. The van der Waals surface area contributed by atoms with Crippen LogP contribution in [-0.4, -0.2) is 60.5 Å². The van der Waals surface area contributed by atoms with E-state index in [0.29, 0.717) is 5.56 Å². The molecule has 0 amide bonds. The summed E-state index contributed by atoms with van der Waals surface area (Å²) in [4.78, 5) is 25.0. The van der Waals surface area contributed by atoms with Gasteiger partial charge in [0.1, 0.15) is 11.9 Å². The van der Waals surface area contributed by atoms with Crippen LogP contribution >= 0.6 is 0 Å². The SMILES string of the molecule is O=C(/C=C/c1ccc(O)cc1)C(O)(C(=O)/C=C/c1ccc(O)c(O)c1)C(O)CO. The van der Waals surface area contributed by atoms with E-state index < -0.39 is 35.6 Å². The van der Waals surface area contributed by atoms with Crippen LogP contribution in [0.4, 0.5) is 0 Å². The van der Waals surface area contributed by atoms with Gasteiger partial charge in [-0.3, -0.25) is 9.59 Å². The topological polar surface area (TPSA) is 156 Å². The molecule has 2 atom stereocenters. The van der Waals surface area contributed by atoms with Gasteiger partial charge in [-0.15, -0.1) is 0 Å². The number of ketones is 2. The first-order chi connectivity index (χ1) is 13.7. The van der Waals surface area contributed by atoms with Crippen molar-refractivity contribution in [2.24, 2.45) is 0 Å². The number of phenolic OH excluding ortho intramolecular Hbond substituents is 3. The van der Waals surface area contributed by atoms with Crippen LogP contribution in [0.3, 0.4) is 0 Å². The van der Waals surface area contributed by atoms with E-state index >= 15 is 0 Å². The van der Waals surface area contributed by atoms with Gasteiger partial charge in [-0.1, -0.05) is 30.4 Å². The predicted molar refractivity (Wildman–Crippen MR) is 104 cm³/mol. The van der Waals surface area contributed by atoms with Crippen LogP contribution in [0.5, 0.6) is 17.2 Å². The van der Waals surface area contributed by atoms with Crippen molar-refractivity contribution in [2.45, 2.75) is 11.7 Å². The van der Waals surface area contributed by atoms with E-state index in [9.17, 15) is 40.2 Å². The first-order valence-corrected chi connectivity index (χ1v) is 8.45. The molecule has 0 heterocycles. The minimum atomic E-state index is -2.93. The molecule has 6 N–H and O–H groups in total.